The molecule has 0 spiro atoms. The molecule has 1 aliphatic carbocycles. The summed E-state index contributed by atoms with van der Waals surface area (Å²) in [5.41, 5.74) is 9.38. The molecule has 2 unspecified atom stereocenters. The van der Waals surface area contributed by atoms with Gasteiger partial charge < -0.3 is 15.8 Å². The number of fused-ring (bicyclic) bond motifs is 2. The molecule has 3 aliphatic rings. The van der Waals surface area contributed by atoms with Crippen molar-refractivity contribution in [2.24, 2.45) is 11.7 Å². The molecule has 0 radical (unpaired) electrons. The average Bonchev–Trinajstić information content (AvgIpc) is 3.74. The van der Waals surface area contributed by atoms with Crippen molar-refractivity contribution < 1.29 is 37.9 Å². The molecule has 15 heteroatoms. The van der Waals surface area contributed by atoms with Gasteiger partial charge in [-0.3, -0.25) is 43.6 Å². The van der Waals surface area contributed by atoms with Crippen LogP contribution in [0.25, 0.3) is 22.2 Å². The van der Waals surface area contributed by atoms with Gasteiger partial charge in [-0.1, -0.05) is 12.1 Å². The van der Waals surface area contributed by atoms with E-state index in [4.69, 9.17) is 15.5 Å². The Kier molecular flexibility index (Phi) is 8.80. The minimum Gasteiger partial charge on any atom is -0.489 e. The number of anilines is 1. The maximum absolute atomic E-state index is 15.0. The van der Waals surface area contributed by atoms with Gasteiger partial charge in [-0.2, -0.15) is 0 Å². The number of benzene rings is 3. The van der Waals surface area contributed by atoms with Gasteiger partial charge >= 0.3 is 0 Å². The molecule has 5 amide bonds. The summed E-state index contributed by atoms with van der Waals surface area (Å²) in [6.07, 6.45) is 3.70. The van der Waals surface area contributed by atoms with Crippen molar-refractivity contribution in [1.82, 2.24) is 19.8 Å². The number of nitrogens with one attached hydrogen (secondary N) is 2. The number of hydrogen-bond acceptors (Lipinski definition) is 10. The highest BCUT2D eigenvalue weighted by molar-refractivity contribution is 7.12. The molecule has 54 heavy (non-hydrogen) atoms. The highest BCUT2D eigenvalue weighted by Crippen LogP contribution is 2.38. The van der Waals surface area contributed by atoms with Gasteiger partial charge in [0.25, 0.3) is 11.8 Å². The number of primary amides is 1. The number of amides is 5. The Bertz CT molecular complexity index is 2430. The lowest BCUT2D eigenvalue weighted by atomic mass is 9.98. The normalized spacial score (nSPS) is 17.4. The standard InChI is InChI=1S/C39H33FN6O7S/c1-19-33(23-5-9-28-21(16-23)12-14-45(28)37(50)20-2-3-20)44-36(54-19)32(34(41)48)22-4-8-27(40)30(17-22)53-15-13-42-24-6-7-25-26(18-24)39(52)46(38(25)51)29-10-11-31(47)43-35(29)49/h4-9,12,14,16-18,20,29,32,42H,2-3,10-11,13,15H2,1H3,(H2,41,48)(H,43,47,49). The molecule has 1 saturated heterocycles. The van der Waals surface area contributed by atoms with Crippen molar-refractivity contribution in [1.29, 1.82) is 0 Å². The third kappa shape index (κ3) is 6.29. The van der Waals surface area contributed by atoms with Crippen LogP contribution in [0.15, 0.2) is 66.9 Å². The van der Waals surface area contributed by atoms with Crippen LogP contribution in [0.4, 0.5) is 10.1 Å². The van der Waals surface area contributed by atoms with E-state index >= 15 is 0 Å². The third-order valence-electron chi connectivity index (χ3n) is 9.89. The van der Waals surface area contributed by atoms with E-state index in [1.54, 1.807) is 16.8 Å². The molecule has 0 bridgehead atoms. The zero-order chi connectivity index (χ0) is 37.8. The van der Waals surface area contributed by atoms with Crippen LogP contribution in [0.3, 0.4) is 0 Å². The molecule has 2 atom stereocenters. The SMILES string of the molecule is Cc1sc(C(C(N)=O)c2ccc(F)c(OCCNc3ccc4c(c3)C(=O)N(C3CCC(=O)NC3=O)C4=O)c2)nc1-c1ccc2c(ccn2C(=O)C2CC2)c1. The van der Waals surface area contributed by atoms with Gasteiger partial charge in [0.2, 0.25) is 23.6 Å². The Hall–Kier alpha value is -6.22. The lowest BCUT2D eigenvalue weighted by molar-refractivity contribution is -0.136. The number of imide groups is 2. The summed E-state index contributed by atoms with van der Waals surface area (Å²) in [4.78, 5) is 82.2. The number of aryl methyl sites for hydroxylation is 1. The smallest absolute Gasteiger partial charge is 0.262 e. The molecule has 5 aromatic rings. The predicted molar refractivity (Wildman–Crippen MR) is 196 cm³/mol. The number of halogens is 1. The molecule has 3 aromatic carbocycles. The summed E-state index contributed by atoms with van der Waals surface area (Å²) >= 11 is 1.32. The number of ether oxygens (including phenoxy) is 1. The fraction of sp³-hybridized carbons (Fsp3) is 0.256. The second-order valence-electron chi connectivity index (χ2n) is 13.5. The molecular formula is C39H33FN6O7S. The van der Waals surface area contributed by atoms with Gasteiger partial charge in [-0.25, -0.2) is 9.37 Å². The number of nitrogens with zero attached hydrogens (tertiary/aromatic N) is 3. The minimum absolute atomic E-state index is 0.00899. The second kappa shape index (κ2) is 13.6. The van der Waals surface area contributed by atoms with Crippen LogP contribution < -0.4 is 21.1 Å². The number of hydrogen-bond donors (Lipinski definition) is 3. The summed E-state index contributed by atoms with van der Waals surface area (Å²) in [5.74, 6) is -4.58. The summed E-state index contributed by atoms with van der Waals surface area (Å²) < 4.78 is 22.4. The predicted octanol–water partition coefficient (Wildman–Crippen LogP) is 4.77. The number of thiazole rings is 1. The van der Waals surface area contributed by atoms with Gasteiger partial charge in [0.1, 0.15) is 23.6 Å². The number of carbonyl (C=O) groups is 6. The third-order valence-corrected chi connectivity index (χ3v) is 10.9. The van der Waals surface area contributed by atoms with Crippen molar-refractivity contribution in [3.8, 4) is 17.0 Å². The Labute approximate surface area is 311 Å². The minimum atomic E-state index is -1.07. The first-order valence-corrected chi connectivity index (χ1v) is 18.2. The van der Waals surface area contributed by atoms with Crippen LogP contribution in [-0.2, 0) is 14.4 Å². The van der Waals surface area contributed by atoms with Gasteiger partial charge in [0, 0.05) is 46.6 Å². The maximum atomic E-state index is 15.0. The number of rotatable bonds is 11. The van der Waals surface area contributed by atoms with Crippen LogP contribution in [0.5, 0.6) is 5.75 Å². The average molecular weight is 749 g/mol. The van der Waals surface area contributed by atoms with E-state index < -0.39 is 47.3 Å². The number of carbonyl (C=O) groups excluding carboxylic acids is 6. The molecule has 4 heterocycles. The first-order chi connectivity index (χ1) is 26.0. The van der Waals surface area contributed by atoms with Crippen LogP contribution in [0, 0.1) is 18.7 Å². The first-order valence-electron chi connectivity index (χ1n) is 17.4. The molecule has 2 aromatic heterocycles. The lowest BCUT2D eigenvalue weighted by Gasteiger charge is -2.27. The van der Waals surface area contributed by atoms with Gasteiger partial charge in [0.05, 0.1) is 22.3 Å². The van der Waals surface area contributed by atoms with Crippen molar-refractivity contribution in [3.63, 3.8) is 0 Å². The molecule has 2 aliphatic heterocycles. The second-order valence-corrected chi connectivity index (χ2v) is 14.8. The zero-order valence-electron chi connectivity index (χ0n) is 28.9. The van der Waals surface area contributed by atoms with E-state index in [1.807, 2.05) is 31.2 Å². The quantitative estimate of drug-likeness (QED) is 0.127. The summed E-state index contributed by atoms with van der Waals surface area (Å²) in [5, 5.41) is 6.59. The fourth-order valence-electron chi connectivity index (χ4n) is 6.99. The zero-order valence-corrected chi connectivity index (χ0v) is 29.7. The van der Waals surface area contributed by atoms with Crippen LogP contribution >= 0.6 is 11.3 Å². The van der Waals surface area contributed by atoms with E-state index in [9.17, 15) is 33.2 Å². The highest BCUT2D eigenvalue weighted by Gasteiger charge is 2.44. The fourth-order valence-corrected chi connectivity index (χ4v) is 8.07. The van der Waals surface area contributed by atoms with E-state index in [0.717, 1.165) is 39.1 Å². The lowest BCUT2D eigenvalue weighted by Crippen LogP contribution is -2.54. The monoisotopic (exact) mass is 748 g/mol. The number of aromatic nitrogens is 2. The molecular weight excluding hydrogens is 716 g/mol. The molecule has 1 saturated carbocycles. The highest BCUT2D eigenvalue weighted by atomic mass is 32.1. The summed E-state index contributed by atoms with van der Waals surface area (Å²) in [6, 6.07) is 15.3. The summed E-state index contributed by atoms with van der Waals surface area (Å²) in [7, 11) is 0. The van der Waals surface area contributed by atoms with Gasteiger partial charge in [-0.05, 0) is 80.3 Å². The van der Waals surface area contributed by atoms with Crippen molar-refractivity contribution >= 4 is 63.4 Å². The number of piperidine rings is 1. The van der Waals surface area contributed by atoms with Gasteiger partial charge in [-0.15, -0.1) is 11.3 Å². The molecule has 2 fully saturated rings. The maximum Gasteiger partial charge on any atom is 0.262 e. The van der Waals surface area contributed by atoms with E-state index in [2.05, 4.69) is 10.6 Å². The van der Waals surface area contributed by atoms with Crippen LogP contribution in [-0.4, -0.2) is 69.1 Å². The largest absolute Gasteiger partial charge is 0.489 e. The topological polar surface area (TPSA) is 183 Å². The molecule has 274 valence electrons. The molecule has 13 nitrogen and oxygen atoms in total. The Morgan fingerprint density at radius 3 is 2.57 bits per heavy atom. The first kappa shape index (κ1) is 34.8. The van der Waals surface area contributed by atoms with Crippen LogP contribution in [0.1, 0.15) is 72.6 Å². The van der Waals surface area contributed by atoms with E-state index in [-0.39, 0.29) is 54.7 Å². The van der Waals surface area contributed by atoms with Crippen molar-refractivity contribution in [3.05, 3.63) is 99.3 Å². The van der Waals surface area contributed by atoms with Crippen molar-refractivity contribution in [2.75, 3.05) is 18.5 Å². The van der Waals surface area contributed by atoms with E-state index in [0.29, 0.717) is 22.0 Å². The van der Waals surface area contributed by atoms with Gasteiger partial charge in [0.15, 0.2) is 11.6 Å². The van der Waals surface area contributed by atoms with E-state index in [1.165, 1.54) is 41.7 Å². The van der Waals surface area contributed by atoms with Crippen LogP contribution in [0.2, 0.25) is 0 Å². The Morgan fingerprint density at radius 1 is 1.02 bits per heavy atom. The Balaban J connectivity index is 0.940. The number of nitrogens with two attached hydrogens (primary N) is 1. The Morgan fingerprint density at radius 2 is 1.81 bits per heavy atom. The molecule has 8 rings (SSSR count). The molecule has 4 N–H and O–H groups in total. The van der Waals surface area contributed by atoms with Crippen molar-refractivity contribution in [2.45, 2.75) is 44.6 Å². The summed E-state index contributed by atoms with van der Waals surface area (Å²) in [6.45, 7) is 2.07.